The van der Waals surface area contributed by atoms with Crippen molar-refractivity contribution in [2.24, 2.45) is 0 Å². The van der Waals surface area contributed by atoms with Crippen molar-refractivity contribution >= 4 is 17.3 Å². The van der Waals surface area contributed by atoms with Gasteiger partial charge >= 0.3 is 5.69 Å². The van der Waals surface area contributed by atoms with Crippen LogP contribution in [0.5, 0.6) is 0 Å². The topological polar surface area (TPSA) is 106 Å². The van der Waals surface area contributed by atoms with E-state index in [1.165, 1.54) is 12.3 Å². The number of nitrogens with zero attached hydrogens (tertiary/aromatic N) is 3. The molecule has 0 saturated heterocycles. The molecule has 0 unspecified atom stereocenters. The summed E-state index contributed by atoms with van der Waals surface area (Å²) in [4.78, 5) is 14.6. The fraction of sp³-hybridized carbons (Fsp3) is 0.273. The molecule has 100 valence electrons. The molecular weight excluding hydrogens is 250 g/mol. The lowest BCUT2D eigenvalue weighted by Crippen LogP contribution is -2.07. The highest BCUT2D eigenvalue weighted by Gasteiger charge is 2.16. The van der Waals surface area contributed by atoms with E-state index in [0.717, 1.165) is 0 Å². The van der Waals surface area contributed by atoms with Gasteiger partial charge in [0, 0.05) is 18.7 Å². The Bertz CT molecular complexity index is 555. The van der Waals surface area contributed by atoms with Crippen molar-refractivity contribution in [3.63, 3.8) is 0 Å². The van der Waals surface area contributed by atoms with Crippen LogP contribution in [-0.2, 0) is 6.54 Å². The first-order valence-electron chi connectivity index (χ1n) is 5.73. The minimum atomic E-state index is -0.481. The van der Waals surface area contributed by atoms with E-state index in [-0.39, 0.29) is 18.1 Å². The Balaban J connectivity index is 2.19. The van der Waals surface area contributed by atoms with Gasteiger partial charge in [0.05, 0.1) is 17.7 Å². The van der Waals surface area contributed by atoms with E-state index in [9.17, 15) is 10.1 Å². The second kappa shape index (κ2) is 5.80. The highest BCUT2D eigenvalue weighted by atomic mass is 16.6. The van der Waals surface area contributed by atoms with Crippen LogP contribution in [-0.4, -0.2) is 21.6 Å². The van der Waals surface area contributed by atoms with E-state index in [2.05, 4.69) is 20.8 Å². The van der Waals surface area contributed by atoms with E-state index in [0.29, 0.717) is 18.1 Å². The number of anilines is 2. The molecule has 0 amide bonds. The van der Waals surface area contributed by atoms with Crippen molar-refractivity contribution in [1.29, 1.82) is 0 Å². The number of hydrogen-bond acceptors (Lipinski definition) is 7. The molecule has 2 aromatic heterocycles. The molecule has 0 aliphatic rings. The third-order valence-electron chi connectivity index (χ3n) is 2.35. The van der Waals surface area contributed by atoms with Gasteiger partial charge in [0.25, 0.3) is 0 Å². The maximum atomic E-state index is 10.9. The van der Waals surface area contributed by atoms with Crippen LogP contribution in [0.15, 0.2) is 28.9 Å². The van der Waals surface area contributed by atoms with Crippen molar-refractivity contribution in [2.45, 2.75) is 13.5 Å². The van der Waals surface area contributed by atoms with Crippen LogP contribution < -0.4 is 10.6 Å². The molecule has 0 fully saturated rings. The molecule has 0 aromatic carbocycles. The van der Waals surface area contributed by atoms with Crippen LogP contribution in [0.4, 0.5) is 17.3 Å². The second-order valence-corrected chi connectivity index (χ2v) is 3.68. The lowest BCUT2D eigenvalue weighted by atomic mass is 10.3. The van der Waals surface area contributed by atoms with E-state index in [1.807, 2.05) is 6.92 Å². The lowest BCUT2D eigenvalue weighted by Gasteiger charge is -2.07. The highest BCUT2D eigenvalue weighted by Crippen LogP contribution is 2.24. The number of hydrogen-bond donors (Lipinski definition) is 2. The van der Waals surface area contributed by atoms with E-state index >= 15 is 0 Å². The summed E-state index contributed by atoms with van der Waals surface area (Å²) in [6.07, 6.45) is 1.51. The Morgan fingerprint density at radius 3 is 2.84 bits per heavy atom. The Hall–Kier alpha value is -2.64. The van der Waals surface area contributed by atoms with Gasteiger partial charge in [0.1, 0.15) is 5.82 Å². The predicted molar refractivity (Wildman–Crippen MR) is 68.9 cm³/mol. The molecule has 2 heterocycles. The summed E-state index contributed by atoms with van der Waals surface area (Å²) in [5, 5.41) is 20.3. The first-order chi connectivity index (χ1) is 9.20. The van der Waals surface area contributed by atoms with Crippen LogP contribution in [0.3, 0.4) is 0 Å². The van der Waals surface area contributed by atoms with Gasteiger partial charge in [-0.15, -0.1) is 0 Å². The van der Waals surface area contributed by atoms with Crippen LogP contribution in [0.25, 0.3) is 0 Å². The summed E-state index contributed by atoms with van der Waals surface area (Å²) < 4.78 is 4.91. The van der Waals surface area contributed by atoms with E-state index in [1.54, 1.807) is 12.1 Å². The molecule has 2 N–H and O–H groups in total. The summed E-state index contributed by atoms with van der Waals surface area (Å²) in [6, 6.07) is 4.65. The predicted octanol–water partition coefficient (Wildman–Crippen LogP) is 2.02. The van der Waals surface area contributed by atoms with Crippen LogP contribution in [0.2, 0.25) is 0 Å². The van der Waals surface area contributed by atoms with Gasteiger partial charge in [0.15, 0.2) is 5.76 Å². The van der Waals surface area contributed by atoms with Gasteiger partial charge < -0.3 is 15.2 Å². The van der Waals surface area contributed by atoms with E-state index < -0.39 is 4.92 Å². The fourth-order valence-corrected chi connectivity index (χ4v) is 1.51. The Kier molecular flexibility index (Phi) is 3.91. The molecule has 0 aliphatic carbocycles. The van der Waals surface area contributed by atoms with Gasteiger partial charge in [-0.05, 0) is 13.0 Å². The molecular formula is C11H13N5O3. The van der Waals surface area contributed by atoms with Gasteiger partial charge in [0.2, 0.25) is 5.82 Å². The molecule has 8 heteroatoms. The van der Waals surface area contributed by atoms with E-state index in [4.69, 9.17) is 4.52 Å². The third-order valence-corrected chi connectivity index (χ3v) is 2.35. The molecule has 19 heavy (non-hydrogen) atoms. The highest BCUT2D eigenvalue weighted by molar-refractivity contribution is 5.60. The lowest BCUT2D eigenvalue weighted by molar-refractivity contribution is -0.384. The van der Waals surface area contributed by atoms with Gasteiger partial charge in [-0.2, -0.15) is 0 Å². The number of nitrogens with one attached hydrogen (secondary N) is 2. The largest absolute Gasteiger partial charge is 0.370 e. The zero-order valence-corrected chi connectivity index (χ0v) is 10.3. The average molecular weight is 263 g/mol. The van der Waals surface area contributed by atoms with Crippen LogP contribution in [0.1, 0.15) is 12.7 Å². The standard InChI is InChI=1S/C11H13N5O3/c1-2-12-10-4-3-9(16(17)18)11(15-10)13-7-8-5-6-14-19-8/h3-6H,2,7H2,1H3,(H2,12,13,15). The summed E-state index contributed by atoms with van der Waals surface area (Å²) in [6.45, 7) is 2.89. The maximum absolute atomic E-state index is 10.9. The average Bonchev–Trinajstić information content (AvgIpc) is 2.89. The molecule has 0 aliphatic heterocycles. The van der Waals surface area contributed by atoms with Gasteiger partial charge in [-0.1, -0.05) is 5.16 Å². The zero-order chi connectivity index (χ0) is 13.7. The Morgan fingerprint density at radius 2 is 2.21 bits per heavy atom. The normalized spacial score (nSPS) is 10.2. The molecule has 2 aromatic rings. The number of rotatable bonds is 6. The maximum Gasteiger partial charge on any atom is 0.311 e. The van der Waals surface area contributed by atoms with Crippen molar-refractivity contribution in [2.75, 3.05) is 17.2 Å². The van der Waals surface area contributed by atoms with Crippen molar-refractivity contribution in [1.82, 2.24) is 10.1 Å². The number of pyridine rings is 1. The SMILES string of the molecule is CCNc1ccc([N+](=O)[O-])c(NCc2ccno2)n1. The molecule has 0 saturated carbocycles. The minimum Gasteiger partial charge on any atom is -0.370 e. The Labute approximate surface area is 109 Å². The number of nitro groups is 1. The number of aromatic nitrogens is 2. The molecule has 8 nitrogen and oxygen atoms in total. The van der Waals surface area contributed by atoms with Crippen molar-refractivity contribution in [3.8, 4) is 0 Å². The fourth-order valence-electron chi connectivity index (χ4n) is 1.51. The molecule has 0 radical (unpaired) electrons. The summed E-state index contributed by atoms with van der Waals surface area (Å²) in [5.74, 6) is 1.35. The minimum absolute atomic E-state index is 0.0823. The van der Waals surface area contributed by atoms with Crippen LogP contribution >= 0.6 is 0 Å². The monoisotopic (exact) mass is 263 g/mol. The van der Waals surface area contributed by atoms with Crippen molar-refractivity contribution < 1.29 is 9.45 Å². The van der Waals surface area contributed by atoms with Gasteiger partial charge in [-0.25, -0.2) is 4.98 Å². The summed E-state index contributed by atoms with van der Waals surface area (Å²) in [5.41, 5.74) is -0.0823. The van der Waals surface area contributed by atoms with Crippen LogP contribution in [0, 0.1) is 10.1 Å². The quantitative estimate of drug-likeness (QED) is 0.606. The molecule has 0 bridgehead atoms. The smallest absolute Gasteiger partial charge is 0.311 e. The summed E-state index contributed by atoms with van der Waals surface area (Å²) >= 11 is 0. The van der Waals surface area contributed by atoms with Gasteiger partial charge in [-0.3, -0.25) is 10.1 Å². The first kappa shape index (κ1) is 12.8. The first-order valence-corrected chi connectivity index (χ1v) is 5.73. The zero-order valence-electron chi connectivity index (χ0n) is 10.3. The third kappa shape index (κ3) is 3.18. The molecule has 2 rings (SSSR count). The van der Waals surface area contributed by atoms with Crippen molar-refractivity contribution in [3.05, 3.63) is 40.3 Å². The summed E-state index contributed by atoms with van der Waals surface area (Å²) in [7, 11) is 0. The Morgan fingerprint density at radius 1 is 1.37 bits per heavy atom. The molecule has 0 spiro atoms. The molecule has 0 atom stereocenters. The second-order valence-electron chi connectivity index (χ2n) is 3.68.